The number of halogens is 2. The van der Waals surface area contributed by atoms with Crippen LogP contribution >= 0.6 is 24.8 Å². The molecular weight excluding hydrogens is 337 g/mol. The number of piperidine rings is 1. The van der Waals surface area contributed by atoms with Crippen LogP contribution in [0.5, 0.6) is 0 Å². The molecule has 0 spiro atoms. The zero-order valence-corrected chi connectivity index (χ0v) is 15.9. The molecule has 7 heteroatoms. The lowest BCUT2D eigenvalue weighted by atomic mass is 9.79. The van der Waals surface area contributed by atoms with Crippen molar-refractivity contribution in [3.05, 3.63) is 0 Å². The summed E-state index contributed by atoms with van der Waals surface area (Å²) in [6.07, 6.45) is 6.50. The maximum Gasteiger partial charge on any atom is 0.227 e. The molecule has 1 unspecified atom stereocenters. The molecule has 5 nitrogen and oxygen atoms in total. The molecule has 0 saturated carbocycles. The van der Waals surface area contributed by atoms with E-state index in [0.29, 0.717) is 25.8 Å². The van der Waals surface area contributed by atoms with Gasteiger partial charge in [0.1, 0.15) is 0 Å². The lowest BCUT2D eigenvalue weighted by Gasteiger charge is -2.35. The van der Waals surface area contributed by atoms with E-state index in [4.69, 9.17) is 10.5 Å². The fraction of sp³-hybridized carbons (Fsp3) is 0.938. The van der Waals surface area contributed by atoms with E-state index in [1.165, 1.54) is 25.8 Å². The van der Waals surface area contributed by atoms with Crippen LogP contribution < -0.4 is 11.1 Å². The molecule has 2 aliphatic heterocycles. The molecule has 1 atom stereocenters. The van der Waals surface area contributed by atoms with Crippen LogP contribution in [0, 0.1) is 5.41 Å². The average molecular weight is 370 g/mol. The number of amides is 1. The molecular formula is C16H33Cl2N3O2. The van der Waals surface area contributed by atoms with Crippen molar-refractivity contribution < 1.29 is 9.53 Å². The molecule has 1 amide bonds. The summed E-state index contributed by atoms with van der Waals surface area (Å²) < 4.78 is 5.35. The van der Waals surface area contributed by atoms with Gasteiger partial charge in [0, 0.05) is 38.9 Å². The first kappa shape index (κ1) is 22.9. The van der Waals surface area contributed by atoms with E-state index in [1.54, 1.807) is 0 Å². The quantitative estimate of drug-likeness (QED) is 0.702. The Kier molecular flexibility index (Phi) is 11.4. The molecule has 23 heavy (non-hydrogen) atoms. The number of rotatable bonds is 6. The molecule has 138 valence electrons. The van der Waals surface area contributed by atoms with Gasteiger partial charge in [-0.3, -0.25) is 4.79 Å². The van der Waals surface area contributed by atoms with Gasteiger partial charge in [0.05, 0.1) is 5.41 Å². The third-order valence-electron chi connectivity index (χ3n) is 5.17. The van der Waals surface area contributed by atoms with Gasteiger partial charge in [-0.15, -0.1) is 24.8 Å². The SMILES string of the molecule is CC1CCCCN1CCCNC(=O)C1(CN)CCOCC1.Cl.Cl. The van der Waals surface area contributed by atoms with Gasteiger partial charge < -0.3 is 20.7 Å². The molecule has 2 heterocycles. The summed E-state index contributed by atoms with van der Waals surface area (Å²) in [5, 5.41) is 3.10. The number of carbonyl (C=O) groups excluding carboxylic acids is 1. The summed E-state index contributed by atoms with van der Waals surface area (Å²) in [4.78, 5) is 15.0. The van der Waals surface area contributed by atoms with Crippen LogP contribution in [0.4, 0.5) is 0 Å². The molecule has 0 aliphatic carbocycles. The number of ether oxygens (including phenoxy) is 1. The summed E-state index contributed by atoms with van der Waals surface area (Å²) in [7, 11) is 0. The van der Waals surface area contributed by atoms with Gasteiger partial charge in [0.15, 0.2) is 0 Å². The average Bonchev–Trinajstić information content (AvgIpc) is 2.53. The van der Waals surface area contributed by atoms with Gasteiger partial charge >= 0.3 is 0 Å². The second-order valence-corrected chi connectivity index (χ2v) is 6.59. The molecule has 0 bridgehead atoms. The van der Waals surface area contributed by atoms with Crippen LogP contribution in [0.15, 0.2) is 0 Å². The maximum absolute atomic E-state index is 12.4. The van der Waals surface area contributed by atoms with Gasteiger partial charge in [-0.05, 0) is 45.6 Å². The third kappa shape index (κ3) is 6.39. The van der Waals surface area contributed by atoms with Gasteiger partial charge in [0.25, 0.3) is 0 Å². The minimum absolute atomic E-state index is 0. The monoisotopic (exact) mass is 369 g/mol. The number of nitrogens with zero attached hydrogens (tertiary/aromatic N) is 1. The number of hydrogen-bond donors (Lipinski definition) is 2. The highest BCUT2D eigenvalue weighted by atomic mass is 35.5. The number of likely N-dealkylation sites (tertiary alicyclic amines) is 1. The molecule has 0 aromatic rings. The first-order chi connectivity index (χ1) is 10.2. The Morgan fingerprint density at radius 3 is 2.61 bits per heavy atom. The van der Waals surface area contributed by atoms with Gasteiger partial charge in [-0.1, -0.05) is 6.42 Å². The molecule has 3 N–H and O–H groups in total. The van der Waals surface area contributed by atoms with Crippen LogP contribution in [0.1, 0.15) is 45.4 Å². The highest BCUT2D eigenvalue weighted by molar-refractivity contribution is 5.85. The van der Waals surface area contributed by atoms with Crippen LogP contribution in [0.3, 0.4) is 0 Å². The van der Waals surface area contributed by atoms with E-state index in [-0.39, 0.29) is 30.7 Å². The van der Waals surface area contributed by atoms with Gasteiger partial charge in [-0.25, -0.2) is 0 Å². The number of nitrogens with one attached hydrogen (secondary N) is 1. The van der Waals surface area contributed by atoms with Crippen molar-refractivity contribution in [3.63, 3.8) is 0 Å². The fourth-order valence-electron chi connectivity index (χ4n) is 3.45. The van der Waals surface area contributed by atoms with E-state index < -0.39 is 5.41 Å². The number of carbonyl (C=O) groups is 1. The third-order valence-corrected chi connectivity index (χ3v) is 5.17. The van der Waals surface area contributed by atoms with Crippen molar-refractivity contribution in [2.24, 2.45) is 11.1 Å². The standard InChI is InChI=1S/C16H31N3O2.2ClH/c1-14-5-2-3-9-19(14)10-4-8-18-15(20)16(13-17)6-11-21-12-7-16;;/h14H,2-13,17H2,1H3,(H,18,20);2*1H. The predicted molar refractivity (Wildman–Crippen MR) is 98.5 cm³/mol. The van der Waals surface area contributed by atoms with E-state index in [0.717, 1.165) is 32.4 Å². The molecule has 2 saturated heterocycles. The van der Waals surface area contributed by atoms with E-state index >= 15 is 0 Å². The van der Waals surface area contributed by atoms with E-state index in [9.17, 15) is 4.79 Å². The van der Waals surface area contributed by atoms with Crippen molar-refractivity contribution in [1.82, 2.24) is 10.2 Å². The Balaban J connectivity index is 0.00000242. The zero-order valence-electron chi connectivity index (χ0n) is 14.2. The summed E-state index contributed by atoms with van der Waals surface area (Å²) in [6.45, 7) is 7.07. The Labute approximate surface area is 152 Å². The molecule has 0 aromatic carbocycles. The summed E-state index contributed by atoms with van der Waals surface area (Å²) in [5.74, 6) is 0.125. The Morgan fingerprint density at radius 1 is 1.30 bits per heavy atom. The molecule has 2 aliphatic rings. The molecule has 0 aromatic heterocycles. The van der Waals surface area contributed by atoms with Crippen molar-refractivity contribution in [1.29, 1.82) is 0 Å². The van der Waals surface area contributed by atoms with Crippen LogP contribution in [-0.2, 0) is 9.53 Å². The van der Waals surface area contributed by atoms with E-state index in [1.807, 2.05) is 0 Å². The maximum atomic E-state index is 12.4. The smallest absolute Gasteiger partial charge is 0.227 e. The second kappa shape index (κ2) is 11.5. The summed E-state index contributed by atoms with van der Waals surface area (Å²) >= 11 is 0. The van der Waals surface area contributed by atoms with E-state index in [2.05, 4.69) is 17.1 Å². The first-order valence-corrected chi connectivity index (χ1v) is 8.48. The van der Waals surface area contributed by atoms with Crippen molar-refractivity contribution >= 4 is 30.7 Å². The number of nitrogens with two attached hydrogens (primary N) is 1. The fourth-order valence-corrected chi connectivity index (χ4v) is 3.45. The van der Waals surface area contributed by atoms with Gasteiger partial charge in [0.2, 0.25) is 5.91 Å². The zero-order chi connectivity index (χ0) is 15.1. The summed E-state index contributed by atoms with van der Waals surface area (Å²) in [6, 6.07) is 0.695. The number of hydrogen-bond acceptors (Lipinski definition) is 4. The molecule has 0 radical (unpaired) electrons. The lowest BCUT2D eigenvalue weighted by Crippen LogP contribution is -2.49. The normalized spacial score (nSPS) is 24.2. The highest BCUT2D eigenvalue weighted by Crippen LogP contribution is 2.29. The Hall–Kier alpha value is -0.0700. The van der Waals surface area contributed by atoms with Crippen LogP contribution in [-0.4, -0.2) is 56.2 Å². The van der Waals surface area contributed by atoms with Crippen molar-refractivity contribution in [2.45, 2.75) is 51.5 Å². The molecule has 2 rings (SSSR count). The summed E-state index contributed by atoms with van der Waals surface area (Å²) in [5.41, 5.74) is 5.46. The van der Waals surface area contributed by atoms with Crippen molar-refractivity contribution in [3.8, 4) is 0 Å². The predicted octanol–water partition coefficient (Wildman–Crippen LogP) is 1.97. The Bertz CT molecular complexity index is 339. The van der Waals surface area contributed by atoms with Crippen LogP contribution in [0.2, 0.25) is 0 Å². The Morgan fingerprint density at radius 2 is 2.00 bits per heavy atom. The minimum atomic E-state index is -0.392. The lowest BCUT2D eigenvalue weighted by molar-refractivity contribution is -0.135. The molecule has 2 fully saturated rings. The first-order valence-electron chi connectivity index (χ1n) is 8.48. The second-order valence-electron chi connectivity index (χ2n) is 6.59. The van der Waals surface area contributed by atoms with Crippen molar-refractivity contribution in [2.75, 3.05) is 39.4 Å². The highest BCUT2D eigenvalue weighted by Gasteiger charge is 2.38. The van der Waals surface area contributed by atoms with Gasteiger partial charge in [-0.2, -0.15) is 0 Å². The largest absolute Gasteiger partial charge is 0.381 e. The topological polar surface area (TPSA) is 67.6 Å². The minimum Gasteiger partial charge on any atom is -0.381 e. The van der Waals surface area contributed by atoms with Crippen LogP contribution in [0.25, 0.3) is 0 Å².